The molecular weight excluding hydrogens is 497 g/mol. The standard InChI is InChI=1S/C30H30Cl2F2N2/c1-30(2,3)35-12-9-19(10-13-35)20-16-25(21-14-22(33)18-23(34)15-21)24-6-5-11-36(28(24)17-20)29-26(31)7-4-8-27(29)32/h4-5,7-8,11,14-19H,6,9-10,12-13H2,1-3H3. The minimum Gasteiger partial charge on any atom is -0.314 e. The van der Waals surface area contributed by atoms with Crippen LogP contribution in [0.3, 0.4) is 0 Å². The Labute approximate surface area is 222 Å². The SMILES string of the molecule is CC(C)(C)N1CCC(c2cc(-c3cc(F)cc(F)c3)c3c(c2)N(c2c(Cl)cccc2Cl)C=CC3)CC1. The second-order valence-electron chi connectivity index (χ2n) is 10.7. The van der Waals surface area contributed by atoms with Gasteiger partial charge in [-0.2, -0.15) is 0 Å². The summed E-state index contributed by atoms with van der Waals surface area (Å²) < 4.78 is 28.6. The smallest absolute Gasteiger partial charge is 0.126 e. The first-order valence-electron chi connectivity index (χ1n) is 12.4. The Bertz CT molecular complexity index is 1280. The van der Waals surface area contributed by atoms with Gasteiger partial charge in [-0.25, -0.2) is 8.78 Å². The molecule has 2 aliphatic rings. The van der Waals surface area contributed by atoms with Crippen LogP contribution in [0.25, 0.3) is 11.1 Å². The van der Waals surface area contributed by atoms with E-state index in [-0.39, 0.29) is 5.54 Å². The topological polar surface area (TPSA) is 6.48 Å². The van der Waals surface area contributed by atoms with Gasteiger partial charge in [-0.15, -0.1) is 0 Å². The summed E-state index contributed by atoms with van der Waals surface area (Å²) >= 11 is 13.2. The Morgan fingerprint density at radius 3 is 2.14 bits per heavy atom. The number of hydrogen-bond donors (Lipinski definition) is 0. The maximum Gasteiger partial charge on any atom is 0.126 e. The molecule has 0 atom stereocenters. The molecular formula is C30H30Cl2F2N2. The van der Waals surface area contributed by atoms with Crippen LogP contribution in [-0.2, 0) is 6.42 Å². The fraction of sp³-hybridized carbons (Fsp3) is 0.333. The zero-order valence-electron chi connectivity index (χ0n) is 20.8. The van der Waals surface area contributed by atoms with Crippen molar-refractivity contribution in [3.63, 3.8) is 0 Å². The molecule has 1 fully saturated rings. The lowest BCUT2D eigenvalue weighted by Crippen LogP contribution is -2.45. The highest BCUT2D eigenvalue weighted by atomic mass is 35.5. The molecule has 0 saturated carbocycles. The largest absolute Gasteiger partial charge is 0.314 e. The average molecular weight is 527 g/mol. The van der Waals surface area contributed by atoms with Crippen molar-refractivity contribution < 1.29 is 8.78 Å². The normalized spacial score (nSPS) is 16.9. The molecule has 0 bridgehead atoms. The number of piperidine rings is 1. The highest BCUT2D eigenvalue weighted by Crippen LogP contribution is 2.46. The number of para-hydroxylation sites is 1. The lowest BCUT2D eigenvalue weighted by molar-refractivity contribution is 0.102. The molecule has 2 heterocycles. The van der Waals surface area contributed by atoms with Gasteiger partial charge in [-0.05, 0) is 112 Å². The molecule has 0 aromatic heterocycles. The number of halogens is 4. The van der Waals surface area contributed by atoms with Gasteiger partial charge in [-0.3, -0.25) is 4.90 Å². The lowest BCUT2D eigenvalue weighted by atomic mass is 9.83. The van der Waals surface area contributed by atoms with Crippen molar-refractivity contribution in [1.82, 2.24) is 4.90 Å². The molecule has 0 unspecified atom stereocenters. The second-order valence-corrected chi connectivity index (χ2v) is 11.5. The van der Waals surface area contributed by atoms with Gasteiger partial charge in [-0.1, -0.05) is 41.4 Å². The molecule has 3 aromatic rings. The Balaban J connectivity index is 1.65. The van der Waals surface area contributed by atoms with Crippen molar-refractivity contribution in [3.05, 3.63) is 93.6 Å². The van der Waals surface area contributed by atoms with Crippen LogP contribution in [0, 0.1) is 11.6 Å². The van der Waals surface area contributed by atoms with Gasteiger partial charge in [0, 0.05) is 17.8 Å². The van der Waals surface area contributed by atoms with Crippen LogP contribution < -0.4 is 4.90 Å². The van der Waals surface area contributed by atoms with E-state index in [0.29, 0.717) is 33.6 Å². The minimum absolute atomic E-state index is 0.132. The third kappa shape index (κ3) is 4.91. The van der Waals surface area contributed by atoms with Crippen LogP contribution in [0.5, 0.6) is 0 Å². The van der Waals surface area contributed by atoms with Gasteiger partial charge in [0.25, 0.3) is 0 Å². The van der Waals surface area contributed by atoms with Crippen LogP contribution >= 0.6 is 23.2 Å². The number of hydrogen-bond acceptors (Lipinski definition) is 2. The maximum absolute atomic E-state index is 14.3. The Hall–Kier alpha value is -2.40. The van der Waals surface area contributed by atoms with Gasteiger partial charge in [0.05, 0.1) is 21.4 Å². The molecule has 2 aliphatic heterocycles. The van der Waals surface area contributed by atoms with Gasteiger partial charge in [0.1, 0.15) is 11.6 Å². The first kappa shape index (κ1) is 25.3. The molecule has 2 nitrogen and oxygen atoms in total. The van der Waals surface area contributed by atoms with Crippen molar-refractivity contribution in [1.29, 1.82) is 0 Å². The number of allylic oxidation sites excluding steroid dienone is 1. The van der Waals surface area contributed by atoms with Crippen molar-refractivity contribution >= 4 is 34.6 Å². The summed E-state index contributed by atoms with van der Waals surface area (Å²) in [5.74, 6) is -0.819. The zero-order chi connectivity index (χ0) is 25.6. The van der Waals surface area contributed by atoms with E-state index < -0.39 is 11.6 Å². The molecule has 0 aliphatic carbocycles. The molecule has 0 N–H and O–H groups in total. The summed E-state index contributed by atoms with van der Waals surface area (Å²) in [6, 6.07) is 13.6. The highest BCUT2D eigenvalue weighted by molar-refractivity contribution is 6.39. The molecule has 0 amide bonds. The number of rotatable bonds is 3. The summed E-state index contributed by atoms with van der Waals surface area (Å²) in [6.45, 7) is 8.77. The molecule has 188 valence electrons. The summed E-state index contributed by atoms with van der Waals surface area (Å²) in [5, 5.41) is 1.09. The molecule has 5 rings (SSSR count). The minimum atomic E-state index is -0.583. The molecule has 1 saturated heterocycles. The van der Waals surface area contributed by atoms with Crippen molar-refractivity contribution in [2.24, 2.45) is 0 Å². The van der Waals surface area contributed by atoms with E-state index in [2.05, 4.69) is 37.8 Å². The number of fused-ring (bicyclic) bond motifs is 1. The number of anilines is 2. The molecule has 3 aromatic carbocycles. The van der Waals surface area contributed by atoms with E-state index >= 15 is 0 Å². The van der Waals surface area contributed by atoms with Crippen LogP contribution in [0.4, 0.5) is 20.2 Å². The number of nitrogens with zero attached hydrogens (tertiary/aromatic N) is 2. The first-order chi connectivity index (χ1) is 17.1. The van der Waals surface area contributed by atoms with Crippen molar-refractivity contribution in [2.75, 3.05) is 18.0 Å². The Kier molecular flexibility index (Phi) is 6.88. The summed E-state index contributed by atoms with van der Waals surface area (Å²) in [4.78, 5) is 4.53. The fourth-order valence-electron chi connectivity index (χ4n) is 5.46. The summed E-state index contributed by atoms with van der Waals surface area (Å²) in [5.41, 5.74) is 5.33. The second kappa shape index (κ2) is 9.81. The highest BCUT2D eigenvalue weighted by Gasteiger charge is 2.30. The predicted octanol–water partition coefficient (Wildman–Crippen LogP) is 9.12. The van der Waals surface area contributed by atoms with E-state index in [1.807, 2.05) is 35.4 Å². The van der Waals surface area contributed by atoms with Crippen molar-refractivity contribution in [3.8, 4) is 11.1 Å². The lowest BCUT2D eigenvalue weighted by Gasteiger charge is -2.41. The number of likely N-dealkylation sites (tertiary alicyclic amines) is 1. The molecule has 0 radical (unpaired) electrons. The van der Waals surface area contributed by atoms with Gasteiger partial charge >= 0.3 is 0 Å². The zero-order valence-corrected chi connectivity index (χ0v) is 22.3. The third-order valence-electron chi connectivity index (χ3n) is 7.35. The quantitative estimate of drug-likeness (QED) is 0.335. The molecule has 6 heteroatoms. The van der Waals surface area contributed by atoms with Crippen LogP contribution in [0.1, 0.15) is 50.7 Å². The van der Waals surface area contributed by atoms with E-state index in [1.165, 1.54) is 17.7 Å². The summed E-state index contributed by atoms with van der Waals surface area (Å²) in [7, 11) is 0. The van der Waals surface area contributed by atoms with Gasteiger partial charge in [0.2, 0.25) is 0 Å². The number of benzene rings is 3. The van der Waals surface area contributed by atoms with E-state index in [4.69, 9.17) is 23.2 Å². The van der Waals surface area contributed by atoms with Crippen LogP contribution in [0.15, 0.2) is 60.8 Å². The third-order valence-corrected chi connectivity index (χ3v) is 7.96. The molecule has 0 spiro atoms. The fourth-order valence-corrected chi connectivity index (χ4v) is 6.04. The van der Waals surface area contributed by atoms with E-state index in [9.17, 15) is 8.78 Å². The first-order valence-corrected chi connectivity index (χ1v) is 13.2. The average Bonchev–Trinajstić information content (AvgIpc) is 2.82. The van der Waals surface area contributed by atoms with E-state index in [0.717, 1.165) is 48.8 Å². The maximum atomic E-state index is 14.3. The van der Waals surface area contributed by atoms with Crippen molar-refractivity contribution in [2.45, 2.75) is 51.5 Å². The summed E-state index contributed by atoms with van der Waals surface area (Å²) in [6.07, 6.45) is 6.70. The molecule has 36 heavy (non-hydrogen) atoms. The van der Waals surface area contributed by atoms with E-state index in [1.54, 1.807) is 0 Å². The van der Waals surface area contributed by atoms with Crippen LogP contribution in [0.2, 0.25) is 10.0 Å². The van der Waals surface area contributed by atoms with Gasteiger partial charge < -0.3 is 4.90 Å². The monoisotopic (exact) mass is 526 g/mol. The predicted molar refractivity (Wildman–Crippen MR) is 147 cm³/mol. The van der Waals surface area contributed by atoms with Gasteiger partial charge in [0.15, 0.2) is 0 Å². The van der Waals surface area contributed by atoms with Crippen LogP contribution in [-0.4, -0.2) is 23.5 Å². The Morgan fingerprint density at radius 2 is 1.53 bits per heavy atom. The Morgan fingerprint density at radius 1 is 0.889 bits per heavy atom.